The van der Waals surface area contributed by atoms with Crippen molar-refractivity contribution in [3.8, 4) is 0 Å². The van der Waals surface area contributed by atoms with E-state index in [9.17, 15) is 4.79 Å². The Balaban J connectivity index is 1.95. The summed E-state index contributed by atoms with van der Waals surface area (Å²) < 4.78 is 0. The van der Waals surface area contributed by atoms with Crippen LogP contribution in [-0.2, 0) is 0 Å². The summed E-state index contributed by atoms with van der Waals surface area (Å²) in [5.41, 5.74) is 1.69. The average molecular weight is 196 g/mol. The molecule has 1 aromatic heterocycles. The summed E-state index contributed by atoms with van der Waals surface area (Å²) in [6, 6.07) is 0. The highest BCUT2D eigenvalue weighted by Crippen LogP contribution is 2.29. The smallest absolute Gasteiger partial charge is 0.265 e. The van der Waals surface area contributed by atoms with Crippen molar-refractivity contribution < 1.29 is 4.79 Å². The molecule has 0 aromatic carbocycles. The third-order valence-electron chi connectivity index (χ3n) is 2.22. The topological polar surface area (TPSA) is 33.2 Å². The van der Waals surface area contributed by atoms with Crippen molar-refractivity contribution >= 4 is 17.2 Å². The summed E-state index contributed by atoms with van der Waals surface area (Å²) >= 11 is 1.40. The van der Waals surface area contributed by atoms with Gasteiger partial charge in [0.25, 0.3) is 5.91 Å². The van der Waals surface area contributed by atoms with E-state index in [2.05, 4.69) is 4.98 Å². The van der Waals surface area contributed by atoms with Gasteiger partial charge in [0.05, 0.1) is 11.7 Å². The first-order chi connectivity index (χ1) is 6.27. The van der Waals surface area contributed by atoms with Crippen LogP contribution in [0.2, 0.25) is 0 Å². The van der Waals surface area contributed by atoms with Crippen LogP contribution in [0, 0.1) is 5.92 Å². The minimum Gasteiger partial charge on any atom is -0.341 e. The fourth-order valence-electron chi connectivity index (χ4n) is 1.28. The van der Waals surface area contributed by atoms with Gasteiger partial charge in [-0.05, 0) is 18.8 Å². The van der Waals surface area contributed by atoms with Gasteiger partial charge in [-0.2, -0.15) is 0 Å². The Hall–Kier alpha value is -0.900. The van der Waals surface area contributed by atoms with Crippen LogP contribution in [0.1, 0.15) is 22.5 Å². The van der Waals surface area contributed by atoms with Crippen LogP contribution in [0.25, 0.3) is 0 Å². The lowest BCUT2D eigenvalue weighted by atomic mass is 10.3. The molecule has 1 fully saturated rings. The molecule has 1 saturated carbocycles. The van der Waals surface area contributed by atoms with Crippen molar-refractivity contribution in [1.82, 2.24) is 9.88 Å². The molecule has 1 aliphatic carbocycles. The predicted octanol–water partition coefficient (Wildman–Crippen LogP) is 1.63. The average Bonchev–Trinajstić information content (AvgIpc) is 2.78. The van der Waals surface area contributed by atoms with Crippen LogP contribution < -0.4 is 0 Å². The Morgan fingerprint density at radius 3 is 3.08 bits per heavy atom. The summed E-state index contributed by atoms with van der Waals surface area (Å²) in [5.74, 6) is 0.858. The molecule has 13 heavy (non-hydrogen) atoms. The first kappa shape index (κ1) is 8.69. The molecule has 4 heteroatoms. The maximum Gasteiger partial charge on any atom is 0.265 e. The Morgan fingerprint density at radius 2 is 2.54 bits per heavy atom. The molecule has 0 unspecified atom stereocenters. The molecule has 3 nitrogen and oxygen atoms in total. The van der Waals surface area contributed by atoms with Crippen LogP contribution in [0.15, 0.2) is 11.7 Å². The molecule has 0 radical (unpaired) electrons. The molecule has 1 amide bonds. The van der Waals surface area contributed by atoms with Gasteiger partial charge in [0.2, 0.25) is 0 Å². The van der Waals surface area contributed by atoms with E-state index in [1.54, 1.807) is 16.6 Å². The van der Waals surface area contributed by atoms with E-state index in [4.69, 9.17) is 0 Å². The summed E-state index contributed by atoms with van der Waals surface area (Å²) in [6.07, 6.45) is 4.19. The minimum absolute atomic E-state index is 0.106. The number of hydrogen-bond donors (Lipinski definition) is 0. The summed E-state index contributed by atoms with van der Waals surface area (Å²) in [7, 11) is 1.86. The van der Waals surface area contributed by atoms with Crippen molar-refractivity contribution in [3.63, 3.8) is 0 Å². The predicted molar refractivity (Wildman–Crippen MR) is 51.8 cm³/mol. The number of carbonyl (C=O) groups excluding carboxylic acids is 1. The number of aromatic nitrogens is 1. The quantitative estimate of drug-likeness (QED) is 0.736. The van der Waals surface area contributed by atoms with Crippen LogP contribution in [0.5, 0.6) is 0 Å². The number of nitrogens with zero attached hydrogens (tertiary/aromatic N) is 2. The lowest BCUT2D eigenvalue weighted by Crippen LogP contribution is -2.27. The van der Waals surface area contributed by atoms with E-state index in [1.807, 2.05) is 7.05 Å². The summed E-state index contributed by atoms with van der Waals surface area (Å²) in [5, 5.41) is 0. The molecule has 1 aliphatic rings. The summed E-state index contributed by atoms with van der Waals surface area (Å²) in [4.78, 5) is 18.1. The lowest BCUT2D eigenvalue weighted by molar-refractivity contribution is 0.0793. The third kappa shape index (κ3) is 2.06. The molecular formula is C9H12N2OS. The molecule has 1 aromatic rings. The molecule has 70 valence electrons. The van der Waals surface area contributed by atoms with Gasteiger partial charge in [-0.3, -0.25) is 9.78 Å². The Morgan fingerprint density at radius 1 is 1.77 bits per heavy atom. The summed E-state index contributed by atoms with van der Waals surface area (Å²) in [6.45, 7) is 0.900. The number of rotatable bonds is 3. The zero-order valence-corrected chi connectivity index (χ0v) is 8.38. The van der Waals surface area contributed by atoms with Crippen molar-refractivity contribution in [2.75, 3.05) is 13.6 Å². The molecule has 0 aliphatic heterocycles. The zero-order chi connectivity index (χ0) is 9.26. The molecule has 1 heterocycles. The van der Waals surface area contributed by atoms with Gasteiger partial charge in [0.1, 0.15) is 4.88 Å². The SMILES string of the molecule is CN(CC1CC1)C(=O)c1cncs1. The van der Waals surface area contributed by atoms with Crippen molar-refractivity contribution in [2.24, 2.45) is 5.92 Å². The second-order valence-corrected chi connectivity index (χ2v) is 4.38. The highest BCUT2D eigenvalue weighted by Gasteiger charge is 2.25. The Kier molecular flexibility index (Phi) is 2.31. The number of amides is 1. The highest BCUT2D eigenvalue weighted by atomic mass is 32.1. The van der Waals surface area contributed by atoms with Crippen LogP contribution in [0.3, 0.4) is 0 Å². The van der Waals surface area contributed by atoms with Gasteiger partial charge in [-0.15, -0.1) is 11.3 Å². The monoisotopic (exact) mass is 196 g/mol. The van der Waals surface area contributed by atoms with Gasteiger partial charge in [-0.25, -0.2) is 0 Å². The Bertz CT molecular complexity index is 293. The third-order valence-corrected chi connectivity index (χ3v) is 2.98. The molecule has 0 saturated heterocycles. The van der Waals surface area contributed by atoms with Crippen molar-refractivity contribution in [2.45, 2.75) is 12.8 Å². The van der Waals surface area contributed by atoms with Crippen molar-refractivity contribution in [1.29, 1.82) is 0 Å². The molecule has 0 N–H and O–H groups in total. The number of thiazole rings is 1. The molecule has 0 spiro atoms. The first-order valence-corrected chi connectivity index (χ1v) is 5.29. The second kappa shape index (κ2) is 3.46. The number of carbonyl (C=O) groups is 1. The maximum absolute atomic E-state index is 11.7. The lowest BCUT2D eigenvalue weighted by Gasteiger charge is -2.14. The second-order valence-electron chi connectivity index (χ2n) is 3.49. The van der Waals surface area contributed by atoms with Crippen LogP contribution in [-0.4, -0.2) is 29.4 Å². The van der Waals surface area contributed by atoms with Gasteiger partial charge < -0.3 is 4.90 Å². The standard InChI is InChI=1S/C9H12N2OS/c1-11(5-7-2-3-7)9(12)8-4-10-6-13-8/h4,6-7H,2-3,5H2,1H3. The molecular weight excluding hydrogens is 184 g/mol. The van der Waals surface area contributed by atoms with Crippen LogP contribution in [0.4, 0.5) is 0 Å². The van der Waals surface area contributed by atoms with Gasteiger partial charge in [0, 0.05) is 13.6 Å². The zero-order valence-electron chi connectivity index (χ0n) is 7.56. The Labute approximate surface area is 81.4 Å². The largest absolute Gasteiger partial charge is 0.341 e. The number of hydrogen-bond acceptors (Lipinski definition) is 3. The van der Waals surface area contributed by atoms with Crippen LogP contribution >= 0.6 is 11.3 Å². The van der Waals surface area contributed by atoms with Gasteiger partial charge in [0.15, 0.2) is 0 Å². The molecule has 0 atom stereocenters. The maximum atomic E-state index is 11.7. The highest BCUT2D eigenvalue weighted by molar-refractivity contribution is 7.11. The van der Waals surface area contributed by atoms with E-state index in [1.165, 1.54) is 24.2 Å². The minimum atomic E-state index is 0.106. The fourth-order valence-corrected chi connectivity index (χ4v) is 1.89. The van der Waals surface area contributed by atoms with Crippen molar-refractivity contribution in [3.05, 3.63) is 16.6 Å². The van der Waals surface area contributed by atoms with E-state index < -0.39 is 0 Å². The van der Waals surface area contributed by atoms with Gasteiger partial charge >= 0.3 is 0 Å². The molecule has 2 rings (SSSR count). The first-order valence-electron chi connectivity index (χ1n) is 4.41. The van der Waals surface area contributed by atoms with Gasteiger partial charge in [-0.1, -0.05) is 0 Å². The fraction of sp³-hybridized carbons (Fsp3) is 0.556. The molecule has 0 bridgehead atoms. The van der Waals surface area contributed by atoms with E-state index in [0.29, 0.717) is 0 Å². The van der Waals surface area contributed by atoms with E-state index >= 15 is 0 Å². The normalized spacial score (nSPS) is 15.8. The van der Waals surface area contributed by atoms with E-state index in [-0.39, 0.29) is 5.91 Å². The van der Waals surface area contributed by atoms with E-state index in [0.717, 1.165) is 17.3 Å².